The van der Waals surface area contributed by atoms with E-state index in [-0.39, 0.29) is 24.6 Å². The van der Waals surface area contributed by atoms with Crippen molar-refractivity contribution in [2.75, 3.05) is 13.2 Å². The second kappa shape index (κ2) is 5.15. The SMILES string of the molecule is CC1CN(C2CCCC2)C(CCO)C(=O)N1. The lowest BCUT2D eigenvalue weighted by atomic mass is 10.0. The number of carbonyl (C=O) groups excluding carboxylic acids is 1. The van der Waals surface area contributed by atoms with E-state index in [1.54, 1.807) is 0 Å². The lowest BCUT2D eigenvalue weighted by Crippen LogP contribution is -2.61. The first-order valence-electron chi connectivity index (χ1n) is 6.39. The first-order valence-corrected chi connectivity index (χ1v) is 6.39. The van der Waals surface area contributed by atoms with Crippen LogP contribution in [0.3, 0.4) is 0 Å². The molecule has 2 rings (SSSR count). The summed E-state index contributed by atoms with van der Waals surface area (Å²) in [6.45, 7) is 3.08. The summed E-state index contributed by atoms with van der Waals surface area (Å²) in [5, 5.41) is 12.0. The van der Waals surface area contributed by atoms with Crippen LogP contribution in [0.1, 0.15) is 39.0 Å². The highest BCUT2D eigenvalue weighted by Gasteiger charge is 2.37. The Kier molecular flexibility index (Phi) is 3.82. The Bertz CT molecular complexity index is 251. The summed E-state index contributed by atoms with van der Waals surface area (Å²) in [7, 11) is 0. The van der Waals surface area contributed by atoms with Crippen LogP contribution < -0.4 is 5.32 Å². The van der Waals surface area contributed by atoms with Gasteiger partial charge in [0.2, 0.25) is 5.91 Å². The summed E-state index contributed by atoms with van der Waals surface area (Å²) < 4.78 is 0. The van der Waals surface area contributed by atoms with Crippen molar-refractivity contribution in [3.05, 3.63) is 0 Å². The van der Waals surface area contributed by atoms with Gasteiger partial charge in [0, 0.05) is 25.2 Å². The van der Waals surface area contributed by atoms with Gasteiger partial charge in [-0.15, -0.1) is 0 Å². The maximum atomic E-state index is 11.9. The third-order valence-corrected chi connectivity index (χ3v) is 3.77. The molecule has 2 atom stereocenters. The Balaban J connectivity index is 2.06. The minimum atomic E-state index is -0.107. The average molecular weight is 226 g/mol. The lowest BCUT2D eigenvalue weighted by molar-refractivity contribution is -0.132. The van der Waals surface area contributed by atoms with E-state index in [4.69, 9.17) is 5.11 Å². The fourth-order valence-electron chi connectivity index (χ4n) is 3.04. The molecule has 0 spiro atoms. The highest BCUT2D eigenvalue weighted by Crippen LogP contribution is 2.27. The molecule has 2 N–H and O–H groups in total. The standard InChI is InChI=1S/C12H22N2O2/c1-9-8-14(10-4-2-3-5-10)11(6-7-15)12(16)13-9/h9-11,15H,2-8H2,1H3,(H,13,16). The molecule has 0 aromatic carbocycles. The predicted molar refractivity (Wildman–Crippen MR) is 62.1 cm³/mol. The van der Waals surface area contributed by atoms with Crippen LogP contribution in [-0.4, -0.2) is 47.2 Å². The number of aliphatic hydroxyl groups excluding tert-OH is 1. The monoisotopic (exact) mass is 226 g/mol. The largest absolute Gasteiger partial charge is 0.396 e. The van der Waals surface area contributed by atoms with Crippen molar-refractivity contribution in [2.45, 2.75) is 57.2 Å². The molecule has 2 aliphatic rings. The highest BCUT2D eigenvalue weighted by molar-refractivity contribution is 5.82. The zero-order chi connectivity index (χ0) is 11.5. The minimum Gasteiger partial charge on any atom is -0.396 e. The van der Waals surface area contributed by atoms with E-state index in [0.29, 0.717) is 12.5 Å². The van der Waals surface area contributed by atoms with Gasteiger partial charge in [0.25, 0.3) is 0 Å². The van der Waals surface area contributed by atoms with Crippen LogP contribution in [-0.2, 0) is 4.79 Å². The van der Waals surface area contributed by atoms with Gasteiger partial charge in [0.05, 0.1) is 6.04 Å². The average Bonchev–Trinajstić information content (AvgIpc) is 2.75. The maximum absolute atomic E-state index is 11.9. The van der Waals surface area contributed by atoms with Crippen molar-refractivity contribution >= 4 is 5.91 Å². The summed E-state index contributed by atoms with van der Waals surface area (Å²) >= 11 is 0. The molecule has 0 aromatic heterocycles. The van der Waals surface area contributed by atoms with Gasteiger partial charge >= 0.3 is 0 Å². The molecule has 4 heteroatoms. The van der Waals surface area contributed by atoms with E-state index in [9.17, 15) is 4.79 Å². The molecule has 1 amide bonds. The van der Waals surface area contributed by atoms with Crippen LogP contribution in [0.15, 0.2) is 0 Å². The molecule has 1 heterocycles. The van der Waals surface area contributed by atoms with Gasteiger partial charge in [-0.2, -0.15) is 0 Å². The van der Waals surface area contributed by atoms with Gasteiger partial charge in [-0.1, -0.05) is 12.8 Å². The Morgan fingerprint density at radius 3 is 2.75 bits per heavy atom. The van der Waals surface area contributed by atoms with Gasteiger partial charge in [-0.25, -0.2) is 0 Å². The van der Waals surface area contributed by atoms with E-state index in [1.807, 2.05) is 0 Å². The van der Waals surface area contributed by atoms with Crippen LogP contribution in [0.4, 0.5) is 0 Å². The first kappa shape index (κ1) is 11.9. The smallest absolute Gasteiger partial charge is 0.237 e. The summed E-state index contributed by atoms with van der Waals surface area (Å²) in [5.41, 5.74) is 0. The molecule has 16 heavy (non-hydrogen) atoms. The van der Waals surface area contributed by atoms with Gasteiger partial charge in [-0.05, 0) is 26.2 Å². The molecule has 2 fully saturated rings. The minimum absolute atomic E-state index is 0.0929. The number of nitrogens with zero attached hydrogens (tertiary/aromatic N) is 1. The van der Waals surface area contributed by atoms with Crippen LogP contribution >= 0.6 is 0 Å². The van der Waals surface area contributed by atoms with Gasteiger partial charge < -0.3 is 10.4 Å². The van der Waals surface area contributed by atoms with Gasteiger partial charge in [-0.3, -0.25) is 9.69 Å². The fourth-order valence-corrected chi connectivity index (χ4v) is 3.04. The normalized spacial score (nSPS) is 33.0. The van der Waals surface area contributed by atoms with Crippen LogP contribution in [0.5, 0.6) is 0 Å². The van der Waals surface area contributed by atoms with Gasteiger partial charge in [0.1, 0.15) is 0 Å². The third-order valence-electron chi connectivity index (χ3n) is 3.77. The van der Waals surface area contributed by atoms with Crippen molar-refractivity contribution < 1.29 is 9.90 Å². The Hall–Kier alpha value is -0.610. The molecule has 1 aliphatic heterocycles. The molecule has 1 aliphatic carbocycles. The Morgan fingerprint density at radius 2 is 2.12 bits per heavy atom. The van der Waals surface area contributed by atoms with E-state index < -0.39 is 0 Å². The number of aliphatic hydroxyl groups is 1. The van der Waals surface area contributed by atoms with Crippen molar-refractivity contribution in [1.29, 1.82) is 0 Å². The summed E-state index contributed by atoms with van der Waals surface area (Å²) in [4.78, 5) is 14.2. The number of rotatable bonds is 3. The van der Waals surface area contributed by atoms with Crippen LogP contribution in [0.25, 0.3) is 0 Å². The maximum Gasteiger partial charge on any atom is 0.237 e. The molecule has 92 valence electrons. The third kappa shape index (κ3) is 2.38. The molecule has 2 unspecified atom stereocenters. The first-order chi connectivity index (χ1) is 7.72. The fraction of sp³-hybridized carbons (Fsp3) is 0.917. The number of hydrogen-bond donors (Lipinski definition) is 2. The number of piperazine rings is 1. The zero-order valence-corrected chi connectivity index (χ0v) is 9.98. The summed E-state index contributed by atoms with van der Waals surface area (Å²) in [6.07, 6.45) is 5.55. The van der Waals surface area contributed by atoms with E-state index in [1.165, 1.54) is 25.7 Å². The van der Waals surface area contributed by atoms with Crippen molar-refractivity contribution in [1.82, 2.24) is 10.2 Å². The Morgan fingerprint density at radius 1 is 1.44 bits per heavy atom. The van der Waals surface area contributed by atoms with Crippen molar-refractivity contribution in [3.8, 4) is 0 Å². The quantitative estimate of drug-likeness (QED) is 0.737. The molecule has 0 bridgehead atoms. The molecule has 4 nitrogen and oxygen atoms in total. The second-order valence-corrected chi connectivity index (χ2v) is 5.07. The molecule has 1 saturated heterocycles. The van der Waals surface area contributed by atoms with Crippen LogP contribution in [0, 0.1) is 0 Å². The molecular weight excluding hydrogens is 204 g/mol. The Labute approximate surface area is 97.0 Å². The van der Waals surface area contributed by atoms with Crippen molar-refractivity contribution in [2.24, 2.45) is 0 Å². The van der Waals surface area contributed by atoms with E-state index >= 15 is 0 Å². The topological polar surface area (TPSA) is 52.6 Å². The molecular formula is C12H22N2O2. The lowest BCUT2D eigenvalue weighted by Gasteiger charge is -2.41. The number of carbonyl (C=O) groups is 1. The zero-order valence-electron chi connectivity index (χ0n) is 9.98. The summed E-state index contributed by atoms with van der Waals surface area (Å²) in [5.74, 6) is 0.0969. The van der Waals surface area contributed by atoms with Crippen molar-refractivity contribution in [3.63, 3.8) is 0 Å². The number of hydrogen-bond acceptors (Lipinski definition) is 3. The number of amides is 1. The van der Waals surface area contributed by atoms with E-state index in [2.05, 4.69) is 17.1 Å². The predicted octanol–water partition coefficient (Wildman–Crippen LogP) is 0.500. The second-order valence-electron chi connectivity index (χ2n) is 5.07. The van der Waals surface area contributed by atoms with Gasteiger partial charge in [0.15, 0.2) is 0 Å². The van der Waals surface area contributed by atoms with Crippen LogP contribution in [0.2, 0.25) is 0 Å². The van der Waals surface area contributed by atoms with E-state index in [0.717, 1.165) is 6.54 Å². The highest BCUT2D eigenvalue weighted by atomic mass is 16.3. The molecule has 0 radical (unpaired) electrons. The summed E-state index contributed by atoms with van der Waals surface area (Å²) in [6, 6.07) is 0.692. The molecule has 1 saturated carbocycles. The number of nitrogens with one attached hydrogen (secondary N) is 1. The molecule has 0 aromatic rings.